The predicted octanol–water partition coefficient (Wildman–Crippen LogP) is 2.25. The molecule has 0 saturated heterocycles. The lowest BCUT2D eigenvalue weighted by molar-refractivity contribution is 0.178. The standard InChI is InChI=1S/C9H15FN2/c1-7-5-11-12(8(7)2)6-9(3,4)10/h5H,6H2,1-4H3. The fourth-order valence-electron chi connectivity index (χ4n) is 1.06. The lowest BCUT2D eigenvalue weighted by Crippen LogP contribution is -2.22. The molecule has 0 fully saturated rings. The highest BCUT2D eigenvalue weighted by molar-refractivity contribution is 5.13. The van der Waals surface area contributed by atoms with Crippen LogP contribution in [-0.4, -0.2) is 15.4 Å². The number of hydrogen-bond donors (Lipinski definition) is 0. The highest BCUT2D eigenvalue weighted by Gasteiger charge is 2.17. The highest BCUT2D eigenvalue weighted by Crippen LogP contribution is 2.14. The van der Waals surface area contributed by atoms with E-state index in [4.69, 9.17) is 0 Å². The molecule has 0 radical (unpaired) electrons. The zero-order valence-corrected chi connectivity index (χ0v) is 8.06. The van der Waals surface area contributed by atoms with Crippen molar-refractivity contribution in [1.82, 2.24) is 9.78 Å². The number of aromatic nitrogens is 2. The molecule has 12 heavy (non-hydrogen) atoms. The molecule has 0 spiro atoms. The summed E-state index contributed by atoms with van der Waals surface area (Å²) < 4.78 is 14.9. The maximum atomic E-state index is 13.2. The van der Waals surface area contributed by atoms with Crippen LogP contribution in [0.3, 0.4) is 0 Å². The maximum absolute atomic E-state index is 13.2. The summed E-state index contributed by atoms with van der Waals surface area (Å²) in [5.74, 6) is 0. The molecular weight excluding hydrogens is 155 g/mol. The second-order valence-corrected chi connectivity index (χ2v) is 3.79. The van der Waals surface area contributed by atoms with E-state index in [1.807, 2.05) is 13.8 Å². The lowest BCUT2D eigenvalue weighted by atomic mass is 10.2. The molecule has 0 aliphatic heterocycles. The first-order valence-electron chi connectivity index (χ1n) is 4.08. The van der Waals surface area contributed by atoms with E-state index in [1.165, 1.54) is 0 Å². The number of aryl methyl sites for hydroxylation is 1. The van der Waals surface area contributed by atoms with Crippen LogP contribution in [-0.2, 0) is 6.54 Å². The second kappa shape index (κ2) is 2.88. The largest absolute Gasteiger partial charge is 0.266 e. The Morgan fingerprint density at radius 2 is 2.08 bits per heavy atom. The van der Waals surface area contributed by atoms with Gasteiger partial charge in [0.2, 0.25) is 0 Å². The van der Waals surface area contributed by atoms with E-state index in [9.17, 15) is 4.39 Å². The Hall–Kier alpha value is -0.860. The highest BCUT2D eigenvalue weighted by atomic mass is 19.1. The zero-order valence-electron chi connectivity index (χ0n) is 8.06. The Balaban J connectivity index is 2.83. The minimum absolute atomic E-state index is 0.326. The first kappa shape index (κ1) is 9.23. The Bertz CT molecular complexity index is 271. The second-order valence-electron chi connectivity index (χ2n) is 3.79. The van der Waals surface area contributed by atoms with Gasteiger partial charge in [0.05, 0.1) is 12.7 Å². The van der Waals surface area contributed by atoms with Crippen molar-refractivity contribution < 1.29 is 4.39 Å². The van der Waals surface area contributed by atoms with E-state index in [0.717, 1.165) is 11.3 Å². The molecule has 0 aliphatic rings. The average molecular weight is 170 g/mol. The van der Waals surface area contributed by atoms with Crippen LogP contribution in [0.2, 0.25) is 0 Å². The third-order valence-corrected chi connectivity index (χ3v) is 1.87. The van der Waals surface area contributed by atoms with Crippen molar-refractivity contribution in [2.45, 2.75) is 39.9 Å². The number of nitrogens with zero attached hydrogens (tertiary/aromatic N) is 2. The Labute approximate surface area is 72.4 Å². The fraction of sp³-hybridized carbons (Fsp3) is 0.667. The van der Waals surface area contributed by atoms with Crippen LogP contribution < -0.4 is 0 Å². The Morgan fingerprint density at radius 3 is 2.42 bits per heavy atom. The van der Waals surface area contributed by atoms with Gasteiger partial charge in [-0.2, -0.15) is 5.10 Å². The summed E-state index contributed by atoms with van der Waals surface area (Å²) in [6.07, 6.45) is 1.76. The van der Waals surface area contributed by atoms with Crippen LogP contribution in [0.25, 0.3) is 0 Å². The number of alkyl halides is 1. The maximum Gasteiger partial charge on any atom is 0.125 e. The van der Waals surface area contributed by atoms with Gasteiger partial charge in [-0.1, -0.05) is 0 Å². The molecule has 1 rings (SSSR count). The number of hydrogen-bond acceptors (Lipinski definition) is 1. The van der Waals surface area contributed by atoms with E-state index in [-0.39, 0.29) is 0 Å². The summed E-state index contributed by atoms with van der Waals surface area (Å²) in [6, 6.07) is 0. The van der Waals surface area contributed by atoms with Gasteiger partial charge < -0.3 is 0 Å². The molecule has 0 aliphatic carbocycles. The van der Waals surface area contributed by atoms with Crippen molar-refractivity contribution in [3.63, 3.8) is 0 Å². The average Bonchev–Trinajstić information content (AvgIpc) is 2.16. The van der Waals surface area contributed by atoms with Gasteiger partial charge in [0.1, 0.15) is 5.67 Å². The Kier molecular flexibility index (Phi) is 2.22. The van der Waals surface area contributed by atoms with Gasteiger partial charge in [-0.15, -0.1) is 0 Å². The molecule has 0 N–H and O–H groups in total. The summed E-state index contributed by atoms with van der Waals surface area (Å²) in [6.45, 7) is 7.37. The summed E-state index contributed by atoms with van der Waals surface area (Å²) in [4.78, 5) is 0. The van der Waals surface area contributed by atoms with Crippen LogP contribution in [0.4, 0.5) is 4.39 Å². The third kappa shape index (κ3) is 2.06. The molecule has 1 aromatic rings. The van der Waals surface area contributed by atoms with Gasteiger partial charge in [0, 0.05) is 5.69 Å². The Morgan fingerprint density at radius 1 is 1.50 bits per heavy atom. The van der Waals surface area contributed by atoms with E-state index in [0.29, 0.717) is 6.54 Å². The van der Waals surface area contributed by atoms with Crippen molar-refractivity contribution >= 4 is 0 Å². The van der Waals surface area contributed by atoms with E-state index in [2.05, 4.69) is 5.10 Å². The molecule has 2 nitrogen and oxygen atoms in total. The van der Waals surface area contributed by atoms with Crippen molar-refractivity contribution in [3.8, 4) is 0 Å². The molecule has 0 unspecified atom stereocenters. The SMILES string of the molecule is Cc1cnn(CC(C)(C)F)c1C. The van der Waals surface area contributed by atoms with Crippen molar-refractivity contribution in [2.24, 2.45) is 0 Å². The molecule has 0 aromatic carbocycles. The molecule has 3 heteroatoms. The quantitative estimate of drug-likeness (QED) is 0.665. The molecule has 1 aromatic heterocycles. The molecule has 0 saturated carbocycles. The first-order chi connectivity index (χ1) is 5.40. The predicted molar refractivity (Wildman–Crippen MR) is 46.9 cm³/mol. The van der Waals surface area contributed by atoms with Crippen LogP contribution in [0, 0.1) is 13.8 Å². The summed E-state index contributed by atoms with van der Waals surface area (Å²) in [7, 11) is 0. The first-order valence-corrected chi connectivity index (χ1v) is 4.08. The van der Waals surface area contributed by atoms with E-state index in [1.54, 1.807) is 24.7 Å². The number of halogens is 1. The smallest absolute Gasteiger partial charge is 0.125 e. The van der Waals surface area contributed by atoms with Crippen LogP contribution in [0.5, 0.6) is 0 Å². The van der Waals surface area contributed by atoms with Gasteiger partial charge in [-0.05, 0) is 33.3 Å². The van der Waals surface area contributed by atoms with Crippen LogP contribution in [0.15, 0.2) is 6.20 Å². The minimum Gasteiger partial charge on any atom is -0.266 e. The van der Waals surface area contributed by atoms with Crippen LogP contribution in [0.1, 0.15) is 25.1 Å². The van der Waals surface area contributed by atoms with E-state index >= 15 is 0 Å². The summed E-state index contributed by atoms with van der Waals surface area (Å²) in [5, 5.41) is 4.08. The summed E-state index contributed by atoms with van der Waals surface area (Å²) in [5.41, 5.74) is 0.962. The fourth-order valence-corrected chi connectivity index (χ4v) is 1.06. The molecule has 68 valence electrons. The van der Waals surface area contributed by atoms with E-state index < -0.39 is 5.67 Å². The van der Waals surface area contributed by atoms with Crippen molar-refractivity contribution in [3.05, 3.63) is 17.5 Å². The monoisotopic (exact) mass is 170 g/mol. The molecular formula is C9H15FN2. The van der Waals surface area contributed by atoms with Gasteiger partial charge >= 0.3 is 0 Å². The zero-order chi connectivity index (χ0) is 9.35. The van der Waals surface area contributed by atoms with Gasteiger partial charge in [-0.3, -0.25) is 4.68 Å². The van der Waals surface area contributed by atoms with Crippen molar-refractivity contribution in [2.75, 3.05) is 0 Å². The normalized spacial score (nSPS) is 12.1. The van der Waals surface area contributed by atoms with Gasteiger partial charge in [0.15, 0.2) is 0 Å². The molecule has 1 heterocycles. The van der Waals surface area contributed by atoms with Gasteiger partial charge in [0.25, 0.3) is 0 Å². The summed E-state index contributed by atoms with van der Waals surface area (Å²) >= 11 is 0. The topological polar surface area (TPSA) is 17.8 Å². The molecule has 0 amide bonds. The van der Waals surface area contributed by atoms with Crippen molar-refractivity contribution in [1.29, 1.82) is 0 Å². The molecule has 0 atom stereocenters. The minimum atomic E-state index is -1.19. The number of rotatable bonds is 2. The third-order valence-electron chi connectivity index (χ3n) is 1.87. The molecule has 0 bridgehead atoms. The van der Waals surface area contributed by atoms with Crippen LogP contribution >= 0.6 is 0 Å². The lowest BCUT2D eigenvalue weighted by Gasteiger charge is -2.15. The van der Waals surface area contributed by atoms with Gasteiger partial charge in [-0.25, -0.2) is 4.39 Å².